The van der Waals surface area contributed by atoms with Crippen LogP contribution < -0.4 is 0 Å². The molecule has 1 unspecified atom stereocenters. The largest absolute Gasteiger partial charge is 0.483 e. The number of rotatable bonds is 3. The Hall–Kier alpha value is -0.170. The van der Waals surface area contributed by atoms with Gasteiger partial charge in [0.25, 0.3) is 0 Å². The Labute approximate surface area is 55.3 Å². The van der Waals surface area contributed by atoms with Crippen LogP contribution in [0.5, 0.6) is 0 Å². The molecule has 0 amide bonds. The molecule has 0 spiro atoms. The quantitative estimate of drug-likeness (QED) is 0.425. The molecule has 0 rings (SSSR count). The molecule has 0 aromatic carbocycles. The minimum atomic E-state index is -0.229. The molecule has 0 heterocycles. The summed E-state index contributed by atoms with van der Waals surface area (Å²) in [6.45, 7) is 7.35. The van der Waals surface area contributed by atoms with Crippen molar-refractivity contribution in [2.45, 2.75) is 19.4 Å². The molecule has 0 aromatic heterocycles. The molecule has 0 aliphatic heterocycles. The Balaban J connectivity index is 3.30. The van der Waals surface area contributed by atoms with Crippen molar-refractivity contribution in [3.8, 4) is 0 Å². The fourth-order valence-electron chi connectivity index (χ4n) is 0.249. The van der Waals surface area contributed by atoms with Crippen molar-refractivity contribution in [1.82, 2.24) is 0 Å². The van der Waals surface area contributed by atoms with Crippen LogP contribution in [0, 0.1) is 5.92 Å². The lowest BCUT2D eigenvalue weighted by Gasteiger charge is -2.10. The second-order valence-corrected chi connectivity index (χ2v) is 2.33. The van der Waals surface area contributed by atoms with Gasteiger partial charge in [0.05, 0.1) is 6.26 Å². The first kappa shape index (κ1) is 7.83. The average molecular weight is 135 g/mol. The first-order valence-electron chi connectivity index (χ1n) is 2.59. The van der Waals surface area contributed by atoms with Crippen LogP contribution in [-0.2, 0) is 4.74 Å². The first-order valence-corrected chi connectivity index (χ1v) is 3.02. The van der Waals surface area contributed by atoms with Crippen molar-refractivity contribution in [2.24, 2.45) is 5.92 Å². The Kier molecular flexibility index (Phi) is 3.71. The van der Waals surface area contributed by atoms with Gasteiger partial charge in [-0.15, -0.1) is 0 Å². The first-order chi connectivity index (χ1) is 3.68. The molecule has 1 nitrogen and oxygen atoms in total. The van der Waals surface area contributed by atoms with Gasteiger partial charge in [-0.3, -0.25) is 0 Å². The highest BCUT2D eigenvalue weighted by molar-refractivity contribution is 6.19. The maximum atomic E-state index is 5.62. The summed E-state index contributed by atoms with van der Waals surface area (Å²) >= 11 is 5.62. The molecule has 0 fully saturated rings. The van der Waals surface area contributed by atoms with Crippen LogP contribution in [-0.4, -0.2) is 5.56 Å². The van der Waals surface area contributed by atoms with E-state index in [0.717, 1.165) is 0 Å². The van der Waals surface area contributed by atoms with Gasteiger partial charge >= 0.3 is 0 Å². The lowest BCUT2D eigenvalue weighted by molar-refractivity contribution is 0.173. The van der Waals surface area contributed by atoms with Crippen LogP contribution in [0.25, 0.3) is 0 Å². The van der Waals surface area contributed by atoms with Crippen LogP contribution >= 0.6 is 11.6 Å². The molecule has 0 aliphatic rings. The standard InChI is InChI=1S/C6H11ClO/c1-4-8-6(7)5(2)3/h4-6H,1H2,2-3H3. The number of ether oxygens (including phenoxy) is 1. The Morgan fingerprint density at radius 3 is 2.25 bits per heavy atom. The maximum Gasteiger partial charge on any atom is 0.173 e. The molecule has 0 saturated heterocycles. The number of halogens is 1. The van der Waals surface area contributed by atoms with Crippen LogP contribution in [0.1, 0.15) is 13.8 Å². The minimum absolute atomic E-state index is 0.229. The van der Waals surface area contributed by atoms with Gasteiger partial charge < -0.3 is 4.74 Å². The molecule has 1 atom stereocenters. The van der Waals surface area contributed by atoms with Crippen molar-refractivity contribution < 1.29 is 4.74 Å². The van der Waals surface area contributed by atoms with E-state index in [9.17, 15) is 0 Å². The highest BCUT2D eigenvalue weighted by Gasteiger charge is 2.06. The second kappa shape index (κ2) is 3.79. The molecule has 0 bridgehead atoms. The molecule has 8 heavy (non-hydrogen) atoms. The van der Waals surface area contributed by atoms with Crippen molar-refractivity contribution in [2.75, 3.05) is 0 Å². The fraction of sp³-hybridized carbons (Fsp3) is 0.667. The van der Waals surface area contributed by atoms with E-state index in [1.165, 1.54) is 6.26 Å². The van der Waals surface area contributed by atoms with Crippen molar-refractivity contribution in [1.29, 1.82) is 0 Å². The average Bonchev–Trinajstić information content (AvgIpc) is 1.67. The van der Waals surface area contributed by atoms with E-state index in [-0.39, 0.29) is 5.56 Å². The second-order valence-electron chi connectivity index (χ2n) is 1.90. The summed E-state index contributed by atoms with van der Waals surface area (Å²) in [5, 5.41) is 0. The van der Waals surface area contributed by atoms with Crippen LogP contribution in [0.3, 0.4) is 0 Å². The molecule has 0 aliphatic carbocycles. The summed E-state index contributed by atoms with van der Waals surface area (Å²) in [6.07, 6.45) is 1.36. The minimum Gasteiger partial charge on any atom is -0.483 e. The van der Waals surface area contributed by atoms with E-state index in [2.05, 4.69) is 6.58 Å². The Morgan fingerprint density at radius 1 is 1.62 bits per heavy atom. The van der Waals surface area contributed by atoms with Gasteiger partial charge in [-0.1, -0.05) is 32.0 Å². The van der Waals surface area contributed by atoms with E-state index >= 15 is 0 Å². The topological polar surface area (TPSA) is 9.23 Å². The van der Waals surface area contributed by atoms with E-state index in [1.807, 2.05) is 13.8 Å². The summed E-state index contributed by atoms with van der Waals surface area (Å²) < 4.78 is 4.83. The van der Waals surface area contributed by atoms with Crippen molar-refractivity contribution in [3.63, 3.8) is 0 Å². The zero-order valence-corrected chi connectivity index (χ0v) is 5.98. The van der Waals surface area contributed by atoms with Crippen molar-refractivity contribution in [3.05, 3.63) is 12.8 Å². The lowest BCUT2D eigenvalue weighted by Crippen LogP contribution is -2.08. The molecule has 2 heteroatoms. The summed E-state index contributed by atoms with van der Waals surface area (Å²) in [6, 6.07) is 0. The summed E-state index contributed by atoms with van der Waals surface area (Å²) in [5.41, 5.74) is -0.229. The van der Waals surface area contributed by atoms with Crippen LogP contribution in [0.4, 0.5) is 0 Å². The molecular weight excluding hydrogens is 124 g/mol. The van der Waals surface area contributed by atoms with Gasteiger partial charge in [-0.05, 0) is 0 Å². The third kappa shape index (κ3) is 2.92. The third-order valence-electron chi connectivity index (χ3n) is 0.750. The maximum absolute atomic E-state index is 5.62. The summed E-state index contributed by atoms with van der Waals surface area (Å²) in [7, 11) is 0. The van der Waals surface area contributed by atoms with Crippen molar-refractivity contribution >= 4 is 11.6 Å². The number of alkyl halides is 1. The lowest BCUT2D eigenvalue weighted by atomic mass is 10.2. The van der Waals surface area contributed by atoms with Gasteiger partial charge in [-0.2, -0.15) is 0 Å². The SMILES string of the molecule is C=COC(Cl)C(C)C. The Bertz CT molecular complexity index is 70.9. The van der Waals surface area contributed by atoms with Gasteiger partial charge in [0.15, 0.2) is 5.56 Å². The van der Waals surface area contributed by atoms with Gasteiger partial charge in [-0.25, -0.2) is 0 Å². The van der Waals surface area contributed by atoms with E-state index in [0.29, 0.717) is 5.92 Å². The molecule has 0 aromatic rings. The molecular formula is C6H11ClO. The van der Waals surface area contributed by atoms with E-state index in [1.54, 1.807) is 0 Å². The number of hydrogen-bond donors (Lipinski definition) is 0. The van der Waals surface area contributed by atoms with E-state index in [4.69, 9.17) is 16.3 Å². The smallest absolute Gasteiger partial charge is 0.173 e. The third-order valence-corrected chi connectivity index (χ3v) is 1.36. The van der Waals surface area contributed by atoms with Gasteiger partial charge in [0.1, 0.15) is 0 Å². The van der Waals surface area contributed by atoms with Gasteiger partial charge in [0.2, 0.25) is 0 Å². The van der Waals surface area contributed by atoms with Gasteiger partial charge in [0, 0.05) is 5.92 Å². The molecule has 48 valence electrons. The number of hydrogen-bond acceptors (Lipinski definition) is 1. The van der Waals surface area contributed by atoms with Crippen LogP contribution in [0.15, 0.2) is 12.8 Å². The van der Waals surface area contributed by atoms with E-state index < -0.39 is 0 Å². The predicted octanol–water partition coefficient (Wildman–Crippen LogP) is 2.37. The molecule has 0 radical (unpaired) electrons. The summed E-state index contributed by atoms with van der Waals surface area (Å²) in [5.74, 6) is 0.342. The summed E-state index contributed by atoms with van der Waals surface area (Å²) in [4.78, 5) is 0. The zero-order chi connectivity index (χ0) is 6.57. The predicted molar refractivity (Wildman–Crippen MR) is 35.8 cm³/mol. The highest BCUT2D eigenvalue weighted by atomic mass is 35.5. The monoisotopic (exact) mass is 134 g/mol. The molecule has 0 N–H and O–H groups in total. The zero-order valence-electron chi connectivity index (χ0n) is 5.23. The fourth-order valence-corrected chi connectivity index (χ4v) is 0.322. The van der Waals surface area contributed by atoms with Crippen LogP contribution in [0.2, 0.25) is 0 Å². The normalized spacial score (nSPS) is 13.5. The Morgan fingerprint density at radius 2 is 2.12 bits per heavy atom. The molecule has 0 saturated carbocycles. The highest BCUT2D eigenvalue weighted by Crippen LogP contribution is 2.09.